The number of esters is 2. The van der Waals surface area contributed by atoms with Crippen LogP contribution in [0.25, 0.3) is 0 Å². The van der Waals surface area contributed by atoms with Crippen molar-refractivity contribution >= 4 is 11.9 Å². The Morgan fingerprint density at radius 2 is 1.92 bits per heavy atom. The molecule has 0 heterocycles. The highest BCUT2D eigenvalue weighted by molar-refractivity contribution is 5.81. The highest BCUT2D eigenvalue weighted by Gasteiger charge is 2.11. The number of benzene rings is 1. The summed E-state index contributed by atoms with van der Waals surface area (Å²) in [5.41, 5.74) is 1.11. The zero-order valence-corrected chi connectivity index (χ0v) is 14.4. The van der Waals surface area contributed by atoms with Gasteiger partial charge in [0, 0.05) is 19.4 Å². The molecule has 0 fully saturated rings. The van der Waals surface area contributed by atoms with Gasteiger partial charge in [0.1, 0.15) is 6.10 Å². The first-order chi connectivity index (χ1) is 11.6. The van der Waals surface area contributed by atoms with E-state index in [0.29, 0.717) is 39.1 Å². The van der Waals surface area contributed by atoms with Gasteiger partial charge in [0.15, 0.2) is 0 Å². The number of ether oxygens (including phenoxy) is 3. The van der Waals surface area contributed by atoms with Crippen molar-refractivity contribution in [2.75, 3.05) is 13.2 Å². The molecule has 1 aromatic rings. The quantitative estimate of drug-likeness (QED) is 0.352. The van der Waals surface area contributed by atoms with E-state index in [4.69, 9.17) is 14.2 Å². The number of rotatable bonds is 11. The van der Waals surface area contributed by atoms with Crippen LogP contribution in [0, 0.1) is 0 Å². The van der Waals surface area contributed by atoms with Crippen LogP contribution in [0.5, 0.6) is 0 Å². The normalized spacial score (nSPS) is 12.1. The van der Waals surface area contributed by atoms with Crippen LogP contribution >= 0.6 is 0 Å². The topological polar surface area (TPSA) is 61.8 Å². The maximum absolute atomic E-state index is 11.2. The second-order valence-electron chi connectivity index (χ2n) is 5.29. The second kappa shape index (κ2) is 12.3. The average Bonchev–Trinajstić information content (AvgIpc) is 2.56. The molecule has 5 nitrogen and oxygen atoms in total. The van der Waals surface area contributed by atoms with Crippen molar-refractivity contribution < 1.29 is 23.8 Å². The van der Waals surface area contributed by atoms with Crippen LogP contribution < -0.4 is 0 Å². The van der Waals surface area contributed by atoms with Crippen LogP contribution in [0.1, 0.15) is 38.7 Å². The maximum Gasteiger partial charge on any atom is 0.330 e. The van der Waals surface area contributed by atoms with Crippen LogP contribution in [-0.2, 0) is 30.4 Å². The Bertz CT molecular complexity index is 510. The first-order valence-electron chi connectivity index (χ1n) is 8.24. The zero-order valence-electron chi connectivity index (χ0n) is 14.4. The van der Waals surface area contributed by atoms with Gasteiger partial charge in [-0.25, -0.2) is 4.79 Å². The fourth-order valence-electron chi connectivity index (χ4n) is 2.13. The molecular weight excluding hydrogens is 308 g/mol. The molecule has 0 bridgehead atoms. The van der Waals surface area contributed by atoms with Gasteiger partial charge in [0.2, 0.25) is 0 Å². The van der Waals surface area contributed by atoms with E-state index in [9.17, 15) is 9.59 Å². The standard InChI is InChI=1S/C19H26O5/c1-3-23-19(21)12-8-7-11-18(24-16(2)20)13-14-22-15-17-9-5-4-6-10-17/h4-6,8-10,12,18H,3,7,11,13-15H2,1-2H3/t18-/m0/s1. The van der Waals surface area contributed by atoms with E-state index in [0.717, 1.165) is 5.56 Å². The summed E-state index contributed by atoms with van der Waals surface area (Å²) in [4.78, 5) is 22.4. The zero-order chi connectivity index (χ0) is 17.6. The third kappa shape index (κ3) is 9.79. The number of carbonyl (C=O) groups excluding carboxylic acids is 2. The summed E-state index contributed by atoms with van der Waals surface area (Å²) >= 11 is 0. The predicted octanol–water partition coefficient (Wildman–Crippen LogP) is 3.42. The van der Waals surface area contributed by atoms with Gasteiger partial charge in [-0.1, -0.05) is 36.4 Å². The molecule has 132 valence electrons. The summed E-state index contributed by atoms with van der Waals surface area (Å²) in [7, 11) is 0. The Morgan fingerprint density at radius 1 is 1.17 bits per heavy atom. The summed E-state index contributed by atoms with van der Waals surface area (Å²) in [5, 5.41) is 0. The molecule has 0 aliphatic carbocycles. The number of carbonyl (C=O) groups is 2. The fourth-order valence-corrected chi connectivity index (χ4v) is 2.13. The van der Waals surface area contributed by atoms with Crippen molar-refractivity contribution in [3.63, 3.8) is 0 Å². The number of allylic oxidation sites excluding steroid dienone is 1. The molecule has 0 spiro atoms. The van der Waals surface area contributed by atoms with Crippen molar-refractivity contribution in [3.8, 4) is 0 Å². The summed E-state index contributed by atoms with van der Waals surface area (Å²) in [6.45, 7) is 4.56. The van der Waals surface area contributed by atoms with E-state index in [-0.39, 0.29) is 18.0 Å². The van der Waals surface area contributed by atoms with Crippen LogP contribution in [0.3, 0.4) is 0 Å². The summed E-state index contributed by atoms with van der Waals surface area (Å²) in [5.74, 6) is -0.662. The van der Waals surface area contributed by atoms with Crippen molar-refractivity contribution in [2.45, 2.75) is 45.8 Å². The van der Waals surface area contributed by atoms with Gasteiger partial charge in [-0.2, -0.15) is 0 Å². The molecule has 1 aromatic carbocycles. The predicted molar refractivity (Wildman–Crippen MR) is 91.3 cm³/mol. The monoisotopic (exact) mass is 334 g/mol. The van der Waals surface area contributed by atoms with Crippen molar-refractivity contribution in [1.82, 2.24) is 0 Å². The fraction of sp³-hybridized carbons (Fsp3) is 0.474. The lowest BCUT2D eigenvalue weighted by Crippen LogP contribution is -2.18. The van der Waals surface area contributed by atoms with Gasteiger partial charge in [-0.15, -0.1) is 0 Å². The molecule has 24 heavy (non-hydrogen) atoms. The molecule has 0 aliphatic rings. The minimum absolute atomic E-state index is 0.217. The van der Waals surface area contributed by atoms with Crippen molar-refractivity contribution in [3.05, 3.63) is 48.0 Å². The molecular formula is C19H26O5. The van der Waals surface area contributed by atoms with E-state index in [1.807, 2.05) is 30.3 Å². The molecule has 0 radical (unpaired) electrons. The first-order valence-corrected chi connectivity index (χ1v) is 8.24. The van der Waals surface area contributed by atoms with Crippen molar-refractivity contribution in [2.24, 2.45) is 0 Å². The minimum Gasteiger partial charge on any atom is -0.463 e. The van der Waals surface area contributed by atoms with Gasteiger partial charge in [-0.05, 0) is 25.3 Å². The summed E-state index contributed by atoms with van der Waals surface area (Å²) in [6, 6.07) is 9.91. The first kappa shape index (κ1) is 19.9. The third-order valence-electron chi connectivity index (χ3n) is 3.22. The lowest BCUT2D eigenvalue weighted by atomic mass is 10.1. The van der Waals surface area contributed by atoms with Gasteiger partial charge < -0.3 is 14.2 Å². The van der Waals surface area contributed by atoms with Gasteiger partial charge >= 0.3 is 11.9 Å². The Balaban J connectivity index is 2.28. The van der Waals surface area contributed by atoms with Crippen molar-refractivity contribution in [1.29, 1.82) is 0 Å². The van der Waals surface area contributed by atoms with Crippen LogP contribution in [0.2, 0.25) is 0 Å². The summed E-state index contributed by atoms with van der Waals surface area (Å²) < 4.78 is 15.7. The van der Waals surface area contributed by atoms with Gasteiger partial charge in [0.05, 0.1) is 19.8 Å². The molecule has 1 atom stereocenters. The third-order valence-corrected chi connectivity index (χ3v) is 3.22. The number of hydrogen-bond acceptors (Lipinski definition) is 5. The van der Waals surface area contributed by atoms with E-state index in [1.54, 1.807) is 13.0 Å². The maximum atomic E-state index is 11.2. The van der Waals surface area contributed by atoms with Gasteiger partial charge in [0.25, 0.3) is 0 Å². The molecule has 0 aliphatic heterocycles. The van der Waals surface area contributed by atoms with E-state index >= 15 is 0 Å². The Morgan fingerprint density at radius 3 is 2.58 bits per heavy atom. The van der Waals surface area contributed by atoms with E-state index < -0.39 is 0 Å². The van der Waals surface area contributed by atoms with Crippen LogP contribution in [0.15, 0.2) is 42.5 Å². The highest BCUT2D eigenvalue weighted by atomic mass is 16.5. The molecule has 0 amide bonds. The smallest absolute Gasteiger partial charge is 0.330 e. The van der Waals surface area contributed by atoms with Crippen LogP contribution in [0.4, 0.5) is 0 Å². The SMILES string of the molecule is CCOC(=O)C=CCC[C@@H](CCOCc1ccccc1)OC(C)=O. The van der Waals surface area contributed by atoms with E-state index in [2.05, 4.69) is 0 Å². The molecule has 0 saturated heterocycles. The lowest BCUT2D eigenvalue weighted by molar-refractivity contribution is -0.147. The van der Waals surface area contributed by atoms with E-state index in [1.165, 1.54) is 13.0 Å². The molecule has 1 rings (SSSR count). The van der Waals surface area contributed by atoms with Gasteiger partial charge in [-0.3, -0.25) is 4.79 Å². The second-order valence-corrected chi connectivity index (χ2v) is 5.29. The lowest BCUT2D eigenvalue weighted by Gasteiger charge is -2.16. The highest BCUT2D eigenvalue weighted by Crippen LogP contribution is 2.10. The minimum atomic E-state index is -0.354. The van der Waals surface area contributed by atoms with Crippen LogP contribution in [-0.4, -0.2) is 31.3 Å². The molecule has 0 N–H and O–H groups in total. The number of hydrogen-bond donors (Lipinski definition) is 0. The Kier molecular flexibility index (Phi) is 10.2. The largest absolute Gasteiger partial charge is 0.463 e. The Hall–Kier alpha value is -2.14. The summed E-state index contributed by atoms with van der Waals surface area (Å²) in [6.07, 6.45) is 4.82. The molecule has 0 aromatic heterocycles. The average molecular weight is 334 g/mol. The molecule has 5 heteroatoms. The molecule has 0 saturated carbocycles. The Labute approximate surface area is 143 Å². The molecule has 0 unspecified atom stereocenters.